The van der Waals surface area contributed by atoms with Gasteiger partial charge in [-0.3, -0.25) is 0 Å². The number of rotatable bonds is 8. The highest BCUT2D eigenvalue weighted by Gasteiger charge is 2.54. The van der Waals surface area contributed by atoms with E-state index in [1.165, 1.54) is 12.1 Å². The summed E-state index contributed by atoms with van der Waals surface area (Å²) in [5.74, 6) is -1.30. The van der Waals surface area contributed by atoms with Gasteiger partial charge in [-0.1, -0.05) is 49.2 Å². The predicted molar refractivity (Wildman–Crippen MR) is 95.3 cm³/mol. The van der Waals surface area contributed by atoms with Gasteiger partial charge in [-0.05, 0) is 37.6 Å². The van der Waals surface area contributed by atoms with Crippen molar-refractivity contribution in [2.45, 2.75) is 42.9 Å². The number of aryl methyl sites for hydroxylation is 1. The lowest BCUT2D eigenvalue weighted by Gasteiger charge is -2.30. The summed E-state index contributed by atoms with van der Waals surface area (Å²) in [6.45, 7) is 3.75. The first kappa shape index (κ1) is 19.0. The fraction of sp³-hybridized carbons (Fsp3) is 0.316. The van der Waals surface area contributed by atoms with Crippen molar-refractivity contribution in [2.75, 3.05) is 0 Å². The fourth-order valence-corrected chi connectivity index (χ4v) is 4.25. The molecule has 25 heavy (non-hydrogen) atoms. The zero-order valence-electron chi connectivity index (χ0n) is 14.3. The molecular weight excluding hydrogens is 340 g/mol. The van der Waals surface area contributed by atoms with Gasteiger partial charge >= 0.3 is 10.9 Å². The quantitative estimate of drug-likeness (QED) is 0.772. The van der Waals surface area contributed by atoms with Crippen LogP contribution in [0.2, 0.25) is 0 Å². The molecule has 0 heterocycles. The number of benzene rings is 2. The van der Waals surface area contributed by atoms with Crippen LogP contribution in [0.1, 0.15) is 31.7 Å². The molecule has 1 atom stereocenters. The van der Waals surface area contributed by atoms with Gasteiger partial charge < -0.3 is 9.84 Å². The number of sulfone groups is 1. The second kappa shape index (κ2) is 7.70. The van der Waals surface area contributed by atoms with Gasteiger partial charge in [-0.25, -0.2) is 13.2 Å². The molecule has 6 heteroatoms. The molecule has 2 rings (SSSR count). The van der Waals surface area contributed by atoms with E-state index in [9.17, 15) is 18.3 Å². The minimum Gasteiger partial charge on any atom is -0.477 e. The van der Waals surface area contributed by atoms with Crippen molar-refractivity contribution in [1.29, 1.82) is 0 Å². The first-order valence-electron chi connectivity index (χ1n) is 8.12. The van der Waals surface area contributed by atoms with E-state index >= 15 is 0 Å². The summed E-state index contributed by atoms with van der Waals surface area (Å²) in [7, 11) is -4.26. The standard InChI is InChI=1S/C19H22O5S/c1-3-4-14-19(18(20)21,24-16-12-10-15(2)11-13-16)25(22,23)17-8-6-5-7-9-17/h5-13H,3-4,14H2,1-2H3,(H,20,21). The van der Waals surface area contributed by atoms with Crippen LogP contribution in [0.15, 0.2) is 59.5 Å². The highest BCUT2D eigenvalue weighted by molar-refractivity contribution is 7.93. The lowest BCUT2D eigenvalue weighted by atomic mass is 10.1. The zero-order valence-corrected chi connectivity index (χ0v) is 15.1. The molecule has 0 radical (unpaired) electrons. The van der Waals surface area contributed by atoms with Crippen molar-refractivity contribution >= 4 is 15.8 Å². The Morgan fingerprint density at radius 1 is 1.08 bits per heavy atom. The molecule has 134 valence electrons. The normalized spacial score (nSPS) is 13.8. The molecule has 0 aliphatic carbocycles. The third kappa shape index (κ3) is 3.85. The number of carbonyl (C=O) groups is 1. The minimum absolute atomic E-state index is 0.0689. The van der Waals surface area contributed by atoms with Crippen LogP contribution in [0.3, 0.4) is 0 Å². The maximum absolute atomic E-state index is 13.2. The molecular formula is C19H22O5S. The number of hydrogen-bond acceptors (Lipinski definition) is 4. The van der Waals surface area contributed by atoms with E-state index in [1.54, 1.807) is 42.5 Å². The number of carboxylic acid groups (broad SMARTS) is 1. The molecule has 5 nitrogen and oxygen atoms in total. The summed E-state index contributed by atoms with van der Waals surface area (Å²) in [4.78, 5) is 9.68. The minimum atomic E-state index is -4.26. The Labute approximate surface area is 148 Å². The monoisotopic (exact) mass is 362 g/mol. The Balaban J connectivity index is 2.58. The Kier molecular flexibility index (Phi) is 5.85. The summed E-state index contributed by atoms with van der Waals surface area (Å²) >= 11 is 0. The van der Waals surface area contributed by atoms with Gasteiger partial charge in [0.1, 0.15) is 5.75 Å². The van der Waals surface area contributed by atoms with Crippen LogP contribution < -0.4 is 4.74 Å². The lowest BCUT2D eigenvalue weighted by molar-refractivity contribution is -0.148. The Morgan fingerprint density at radius 3 is 2.20 bits per heavy atom. The topological polar surface area (TPSA) is 80.7 Å². The van der Waals surface area contributed by atoms with Crippen LogP contribution in [0.5, 0.6) is 5.75 Å². The lowest BCUT2D eigenvalue weighted by Crippen LogP contribution is -2.51. The number of hydrogen-bond donors (Lipinski definition) is 1. The van der Waals surface area contributed by atoms with Crippen molar-refractivity contribution in [3.8, 4) is 5.75 Å². The number of aliphatic carboxylic acids is 1. The number of ether oxygens (including phenoxy) is 1. The Morgan fingerprint density at radius 2 is 1.68 bits per heavy atom. The van der Waals surface area contributed by atoms with E-state index in [-0.39, 0.29) is 17.1 Å². The first-order chi connectivity index (χ1) is 11.8. The molecule has 0 aliphatic heterocycles. The van der Waals surface area contributed by atoms with Crippen molar-refractivity contribution in [3.63, 3.8) is 0 Å². The average molecular weight is 362 g/mol. The predicted octanol–water partition coefficient (Wildman–Crippen LogP) is 3.82. The van der Waals surface area contributed by atoms with Gasteiger partial charge in [0.25, 0.3) is 0 Å². The molecule has 2 aromatic carbocycles. The third-order valence-corrected chi connectivity index (χ3v) is 6.20. The van der Waals surface area contributed by atoms with Crippen molar-refractivity contribution in [1.82, 2.24) is 0 Å². The Hall–Kier alpha value is -2.34. The van der Waals surface area contributed by atoms with Gasteiger partial charge in [0, 0.05) is 6.42 Å². The van der Waals surface area contributed by atoms with Crippen molar-refractivity contribution in [3.05, 3.63) is 60.2 Å². The van der Waals surface area contributed by atoms with E-state index in [2.05, 4.69) is 0 Å². The zero-order chi connectivity index (χ0) is 18.5. The molecule has 0 aromatic heterocycles. The van der Waals surface area contributed by atoms with E-state index in [0.29, 0.717) is 12.8 Å². The molecule has 0 amide bonds. The van der Waals surface area contributed by atoms with Crippen LogP contribution in [0.25, 0.3) is 0 Å². The molecule has 2 aromatic rings. The SMILES string of the molecule is CCCCC(Oc1ccc(C)cc1)(C(=O)O)S(=O)(=O)c1ccccc1. The average Bonchev–Trinajstić information content (AvgIpc) is 2.60. The largest absolute Gasteiger partial charge is 0.477 e. The first-order valence-corrected chi connectivity index (χ1v) is 9.60. The summed E-state index contributed by atoms with van der Waals surface area (Å²) in [6, 6.07) is 14.2. The highest BCUT2D eigenvalue weighted by atomic mass is 32.2. The molecule has 1 N–H and O–H groups in total. The maximum Gasteiger partial charge on any atom is 0.364 e. The number of carboxylic acids is 1. The smallest absolute Gasteiger partial charge is 0.364 e. The molecule has 0 spiro atoms. The molecule has 0 aliphatic rings. The molecule has 0 saturated heterocycles. The summed E-state index contributed by atoms with van der Waals surface area (Å²) in [5.41, 5.74) is 0.966. The second-order valence-electron chi connectivity index (χ2n) is 5.89. The fourth-order valence-electron chi connectivity index (χ4n) is 2.50. The van der Waals surface area contributed by atoms with Crippen LogP contribution >= 0.6 is 0 Å². The second-order valence-corrected chi connectivity index (χ2v) is 8.03. The van der Waals surface area contributed by atoms with Crippen LogP contribution in [0.4, 0.5) is 0 Å². The van der Waals surface area contributed by atoms with E-state index in [1.807, 2.05) is 13.8 Å². The van der Waals surface area contributed by atoms with E-state index < -0.39 is 20.7 Å². The van der Waals surface area contributed by atoms with E-state index in [0.717, 1.165) is 5.56 Å². The molecule has 0 saturated carbocycles. The summed E-state index contributed by atoms with van der Waals surface area (Å²) in [5, 5.41) is 9.86. The van der Waals surface area contributed by atoms with Crippen LogP contribution in [-0.4, -0.2) is 24.4 Å². The van der Waals surface area contributed by atoms with E-state index in [4.69, 9.17) is 4.74 Å². The van der Waals surface area contributed by atoms with Crippen LogP contribution in [0, 0.1) is 6.92 Å². The summed E-state index contributed by atoms with van der Waals surface area (Å²) in [6.07, 6.45) is 0.921. The molecule has 0 bridgehead atoms. The van der Waals surface area contributed by atoms with Crippen molar-refractivity contribution < 1.29 is 23.1 Å². The van der Waals surface area contributed by atoms with Crippen molar-refractivity contribution in [2.24, 2.45) is 0 Å². The van der Waals surface area contributed by atoms with Gasteiger partial charge in [0.15, 0.2) is 0 Å². The van der Waals surface area contributed by atoms with Gasteiger partial charge in [-0.2, -0.15) is 0 Å². The van der Waals surface area contributed by atoms with Gasteiger partial charge in [0.05, 0.1) is 4.90 Å². The molecule has 1 unspecified atom stereocenters. The number of unbranched alkanes of at least 4 members (excludes halogenated alkanes) is 1. The highest BCUT2D eigenvalue weighted by Crippen LogP contribution is 2.34. The van der Waals surface area contributed by atoms with Crippen LogP contribution in [-0.2, 0) is 14.6 Å². The van der Waals surface area contributed by atoms with Gasteiger partial charge in [0.2, 0.25) is 9.84 Å². The summed E-state index contributed by atoms with van der Waals surface area (Å²) < 4.78 is 32.0. The Bertz CT molecular complexity index is 813. The third-order valence-electron chi connectivity index (χ3n) is 3.98. The van der Waals surface area contributed by atoms with Gasteiger partial charge in [-0.15, -0.1) is 0 Å². The molecule has 0 fully saturated rings. The maximum atomic E-state index is 13.2.